The van der Waals surface area contributed by atoms with Gasteiger partial charge in [0.05, 0.1) is 10.3 Å². The fraction of sp³-hybridized carbons (Fsp3) is 0.229. The van der Waals surface area contributed by atoms with Gasteiger partial charge in [-0.05, 0) is 60.4 Å². The van der Waals surface area contributed by atoms with Crippen molar-refractivity contribution >= 4 is 26.8 Å². The highest BCUT2D eigenvalue weighted by atomic mass is 32.2. The van der Waals surface area contributed by atoms with Gasteiger partial charge in [-0.3, -0.25) is 4.79 Å². The van der Waals surface area contributed by atoms with E-state index < -0.39 is 33.2 Å². The van der Waals surface area contributed by atoms with Crippen molar-refractivity contribution in [3.05, 3.63) is 125 Å². The second-order valence-electron chi connectivity index (χ2n) is 11.6. The summed E-state index contributed by atoms with van der Waals surface area (Å²) in [4.78, 5) is 11.9. The topological polar surface area (TPSA) is 74.7 Å². The summed E-state index contributed by atoms with van der Waals surface area (Å²) >= 11 is 0. The van der Waals surface area contributed by atoms with Gasteiger partial charge < -0.3 is 5.11 Å². The molecule has 0 radical (unpaired) electrons. The van der Waals surface area contributed by atoms with Crippen LogP contribution in [0.25, 0.3) is 21.9 Å². The van der Waals surface area contributed by atoms with Crippen LogP contribution in [0.5, 0.6) is 0 Å². The minimum atomic E-state index is -4.49. The molecule has 0 amide bonds. The Morgan fingerprint density at radius 1 is 0.864 bits per heavy atom. The molecule has 0 atom stereocenters. The summed E-state index contributed by atoms with van der Waals surface area (Å²) in [5.74, 6) is -0.942. The number of benzene rings is 4. The largest absolute Gasteiger partial charge is 0.481 e. The summed E-state index contributed by atoms with van der Waals surface area (Å²) in [6, 6.07) is 25.2. The van der Waals surface area contributed by atoms with Gasteiger partial charge in [-0.15, -0.1) is 0 Å². The molecule has 0 aliphatic heterocycles. The van der Waals surface area contributed by atoms with Crippen LogP contribution < -0.4 is 0 Å². The molecule has 0 spiro atoms. The SMILES string of the molecule is Cc1ccc2ccccc2c1S(=O)(=O)N(CC1=CC=C(C(F)(F)F)C1)Cc1ccc(-c2cccc(C(C)(C)C(=O)O)c2)cc1. The maximum Gasteiger partial charge on any atom is 0.413 e. The number of carbonyl (C=O) groups is 1. The molecule has 4 aromatic carbocycles. The number of carboxylic acids is 1. The van der Waals surface area contributed by atoms with E-state index in [-0.39, 0.29) is 24.4 Å². The van der Waals surface area contributed by atoms with E-state index in [9.17, 15) is 31.5 Å². The van der Waals surface area contributed by atoms with Gasteiger partial charge in [0.25, 0.3) is 0 Å². The predicted molar refractivity (Wildman–Crippen MR) is 166 cm³/mol. The number of fused-ring (bicyclic) bond motifs is 1. The summed E-state index contributed by atoms with van der Waals surface area (Å²) in [6.45, 7) is 4.73. The first-order valence-electron chi connectivity index (χ1n) is 14.1. The zero-order chi connectivity index (χ0) is 31.9. The van der Waals surface area contributed by atoms with Crippen LogP contribution in [0.15, 0.2) is 113 Å². The number of aryl methyl sites for hydroxylation is 1. The van der Waals surface area contributed by atoms with E-state index in [1.807, 2.05) is 42.5 Å². The normalized spacial score (nSPS) is 14.2. The Morgan fingerprint density at radius 2 is 1.57 bits per heavy atom. The molecule has 0 heterocycles. The van der Waals surface area contributed by atoms with Crippen LogP contribution in [0.3, 0.4) is 0 Å². The maximum atomic E-state index is 14.3. The lowest BCUT2D eigenvalue weighted by Gasteiger charge is -2.25. The molecule has 1 aliphatic rings. The van der Waals surface area contributed by atoms with Gasteiger partial charge in [-0.25, -0.2) is 8.42 Å². The molecule has 0 saturated heterocycles. The number of hydrogen-bond acceptors (Lipinski definition) is 3. The zero-order valence-corrected chi connectivity index (χ0v) is 25.3. The fourth-order valence-corrected chi connectivity index (χ4v) is 7.23. The molecule has 4 aromatic rings. The molecule has 5 rings (SSSR count). The van der Waals surface area contributed by atoms with Crippen LogP contribution in [0.1, 0.15) is 37.0 Å². The summed E-state index contributed by atoms with van der Waals surface area (Å²) in [6.07, 6.45) is -2.49. The molecule has 228 valence electrons. The number of alkyl halides is 3. The number of sulfonamides is 1. The molecule has 1 aliphatic carbocycles. The van der Waals surface area contributed by atoms with Crippen LogP contribution in [-0.2, 0) is 26.8 Å². The molecule has 0 fully saturated rings. The second-order valence-corrected chi connectivity index (χ2v) is 13.5. The highest BCUT2D eigenvalue weighted by molar-refractivity contribution is 7.89. The average Bonchev–Trinajstić information content (AvgIpc) is 3.46. The third-order valence-electron chi connectivity index (χ3n) is 8.12. The van der Waals surface area contributed by atoms with E-state index in [2.05, 4.69) is 0 Å². The highest BCUT2D eigenvalue weighted by Crippen LogP contribution is 2.36. The number of hydrogen-bond donors (Lipinski definition) is 1. The minimum Gasteiger partial charge on any atom is -0.481 e. The average molecular weight is 620 g/mol. The van der Waals surface area contributed by atoms with Gasteiger partial charge in [-0.2, -0.15) is 17.5 Å². The molecule has 44 heavy (non-hydrogen) atoms. The van der Waals surface area contributed by atoms with Crippen molar-refractivity contribution in [3.8, 4) is 11.1 Å². The zero-order valence-electron chi connectivity index (χ0n) is 24.5. The lowest BCUT2D eigenvalue weighted by Crippen LogP contribution is -2.33. The fourth-order valence-electron chi connectivity index (χ4n) is 5.38. The molecule has 0 bridgehead atoms. The smallest absolute Gasteiger partial charge is 0.413 e. The number of nitrogens with zero attached hydrogens (tertiary/aromatic N) is 1. The van der Waals surface area contributed by atoms with E-state index in [0.717, 1.165) is 22.6 Å². The van der Waals surface area contributed by atoms with Gasteiger partial charge in [0.1, 0.15) is 0 Å². The summed E-state index contributed by atoms with van der Waals surface area (Å²) < 4.78 is 70.1. The minimum absolute atomic E-state index is 0.0595. The quantitative estimate of drug-likeness (QED) is 0.205. The Balaban J connectivity index is 1.49. The van der Waals surface area contributed by atoms with Crippen molar-refractivity contribution in [1.29, 1.82) is 0 Å². The Bertz CT molecular complexity index is 1910. The van der Waals surface area contributed by atoms with Crippen LogP contribution >= 0.6 is 0 Å². The monoisotopic (exact) mass is 619 g/mol. The van der Waals surface area contributed by atoms with E-state index in [4.69, 9.17) is 0 Å². The van der Waals surface area contributed by atoms with Crippen LogP contribution in [0.4, 0.5) is 13.2 Å². The van der Waals surface area contributed by atoms with Crippen molar-refractivity contribution in [3.63, 3.8) is 0 Å². The molecule has 1 N–H and O–H groups in total. The number of allylic oxidation sites excluding steroid dienone is 3. The van der Waals surface area contributed by atoms with Crippen molar-refractivity contribution in [2.24, 2.45) is 0 Å². The van der Waals surface area contributed by atoms with Crippen molar-refractivity contribution < 1.29 is 31.5 Å². The van der Waals surface area contributed by atoms with E-state index in [0.29, 0.717) is 27.6 Å². The van der Waals surface area contributed by atoms with E-state index in [1.165, 1.54) is 10.4 Å². The lowest BCUT2D eigenvalue weighted by molar-refractivity contribution is -0.142. The van der Waals surface area contributed by atoms with E-state index >= 15 is 0 Å². The van der Waals surface area contributed by atoms with Crippen molar-refractivity contribution in [2.45, 2.75) is 50.2 Å². The summed E-state index contributed by atoms with van der Waals surface area (Å²) in [5.41, 5.74) is 2.03. The molecule has 0 unspecified atom stereocenters. The van der Waals surface area contributed by atoms with Gasteiger partial charge in [0.15, 0.2) is 0 Å². The number of carboxylic acid groups (broad SMARTS) is 1. The van der Waals surface area contributed by atoms with Crippen LogP contribution in [-0.4, -0.2) is 36.5 Å². The first-order chi connectivity index (χ1) is 20.7. The lowest BCUT2D eigenvalue weighted by atomic mass is 9.83. The third kappa shape index (κ3) is 6.21. The summed E-state index contributed by atoms with van der Waals surface area (Å²) in [7, 11) is -4.16. The van der Waals surface area contributed by atoms with Gasteiger partial charge in [0.2, 0.25) is 10.0 Å². The van der Waals surface area contributed by atoms with Crippen molar-refractivity contribution in [2.75, 3.05) is 6.54 Å². The molecule has 0 aromatic heterocycles. The molecular weight excluding hydrogens is 587 g/mol. The second kappa shape index (κ2) is 11.7. The Kier molecular flexibility index (Phi) is 8.31. The highest BCUT2D eigenvalue weighted by Gasteiger charge is 2.37. The first kappa shape index (κ1) is 31.2. The molecule has 5 nitrogen and oxygen atoms in total. The summed E-state index contributed by atoms with van der Waals surface area (Å²) in [5, 5.41) is 10.9. The Hall–Kier alpha value is -4.21. The predicted octanol–water partition coefficient (Wildman–Crippen LogP) is 8.19. The molecular formula is C35H32F3NO4S. The maximum absolute atomic E-state index is 14.3. The number of rotatable bonds is 9. The van der Waals surface area contributed by atoms with Gasteiger partial charge in [-0.1, -0.05) is 103 Å². The Morgan fingerprint density at radius 3 is 2.23 bits per heavy atom. The molecule has 9 heteroatoms. The van der Waals surface area contributed by atoms with Gasteiger partial charge >= 0.3 is 12.1 Å². The van der Waals surface area contributed by atoms with Gasteiger partial charge in [0, 0.05) is 24.0 Å². The van der Waals surface area contributed by atoms with E-state index in [1.54, 1.807) is 63.2 Å². The standard InChI is InChI=1S/C35H32F3NO4S/c1-23-11-15-27-7-4-5-10-31(27)32(23)44(42,43)39(22-25-14-18-30(19-25)35(36,37)38)21-24-12-16-26(17-13-24)28-8-6-9-29(20-28)34(2,3)33(40)41/h4-18,20H,19,21-22H2,1-3H3,(H,40,41). The number of aliphatic carboxylic acids is 1. The Labute approximate surface area is 255 Å². The van der Waals surface area contributed by atoms with Crippen molar-refractivity contribution in [1.82, 2.24) is 4.31 Å². The third-order valence-corrected chi connectivity index (χ3v) is 10.1. The molecule has 0 saturated carbocycles. The van der Waals surface area contributed by atoms with Crippen LogP contribution in [0.2, 0.25) is 0 Å². The van der Waals surface area contributed by atoms with Crippen LogP contribution in [0, 0.1) is 6.92 Å². The number of halogens is 3. The first-order valence-corrected chi connectivity index (χ1v) is 15.5.